The van der Waals surface area contributed by atoms with E-state index >= 15 is 0 Å². The molecule has 0 aliphatic heterocycles. The van der Waals surface area contributed by atoms with Crippen LogP contribution >= 0.6 is 11.8 Å². The van der Waals surface area contributed by atoms with Gasteiger partial charge in [-0.05, 0) is 50.8 Å². The van der Waals surface area contributed by atoms with Crippen LogP contribution in [0.1, 0.15) is 50.2 Å². The van der Waals surface area contributed by atoms with Crippen LogP contribution in [0.15, 0.2) is 24.3 Å². The van der Waals surface area contributed by atoms with Crippen LogP contribution in [0, 0.1) is 6.92 Å². The first-order valence-corrected chi connectivity index (χ1v) is 9.29. The molecule has 1 aromatic carbocycles. The number of aliphatic hydroxyl groups is 1. The van der Waals surface area contributed by atoms with Crippen LogP contribution in [-0.2, 0) is 5.75 Å². The van der Waals surface area contributed by atoms with Crippen molar-refractivity contribution < 1.29 is 5.11 Å². The van der Waals surface area contributed by atoms with Gasteiger partial charge in [0.25, 0.3) is 0 Å². The molecule has 2 rings (SSSR count). The molecular weight excluding hydrogens is 278 g/mol. The number of unbranched alkanes of at least 4 members (excludes halogenated alkanes) is 1. The van der Waals surface area contributed by atoms with Crippen molar-refractivity contribution in [1.29, 1.82) is 0 Å². The van der Waals surface area contributed by atoms with E-state index in [1.807, 2.05) is 11.8 Å². The first-order valence-electron chi connectivity index (χ1n) is 8.13. The first kappa shape index (κ1) is 16.9. The normalized spacial score (nSPS) is 17.7. The van der Waals surface area contributed by atoms with Crippen LogP contribution in [0.2, 0.25) is 0 Å². The van der Waals surface area contributed by atoms with Crippen LogP contribution in [0.5, 0.6) is 0 Å². The van der Waals surface area contributed by atoms with Crippen molar-refractivity contribution in [2.24, 2.45) is 0 Å². The van der Waals surface area contributed by atoms with E-state index in [2.05, 4.69) is 43.4 Å². The molecule has 2 N–H and O–H groups in total. The number of aryl methyl sites for hydroxylation is 1. The van der Waals surface area contributed by atoms with Crippen LogP contribution in [0.4, 0.5) is 0 Å². The van der Waals surface area contributed by atoms with Crippen LogP contribution in [0.3, 0.4) is 0 Å². The minimum Gasteiger partial charge on any atom is -0.394 e. The Balaban J connectivity index is 1.56. The monoisotopic (exact) mass is 307 g/mol. The molecule has 0 radical (unpaired) electrons. The summed E-state index contributed by atoms with van der Waals surface area (Å²) in [5.74, 6) is 2.32. The summed E-state index contributed by atoms with van der Waals surface area (Å²) in [5, 5.41) is 13.2. The zero-order chi connectivity index (χ0) is 15.1. The third kappa shape index (κ3) is 6.41. The van der Waals surface area contributed by atoms with Gasteiger partial charge in [0.05, 0.1) is 6.61 Å². The van der Waals surface area contributed by atoms with E-state index in [-0.39, 0.29) is 12.1 Å². The quantitative estimate of drug-likeness (QED) is 0.643. The number of hydrogen-bond acceptors (Lipinski definition) is 3. The molecule has 0 heterocycles. The fraction of sp³-hybridized carbons (Fsp3) is 0.667. The lowest BCUT2D eigenvalue weighted by Gasteiger charge is -2.29. The minimum absolute atomic E-state index is 0.0671. The van der Waals surface area contributed by atoms with Gasteiger partial charge in [-0.1, -0.05) is 36.2 Å². The van der Waals surface area contributed by atoms with Crippen LogP contribution in [0.25, 0.3) is 0 Å². The molecule has 0 spiro atoms. The van der Waals surface area contributed by atoms with Gasteiger partial charge < -0.3 is 10.4 Å². The molecule has 0 bridgehead atoms. The van der Waals surface area contributed by atoms with Crippen molar-refractivity contribution in [3.8, 4) is 0 Å². The van der Waals surface area contributed by atoms with E-state index in [0.29, 0.717) is 6.04 Å². The second-order valence-electron chi connectivity index (χ2n) is 6.64. The first-order chi connectivity index (χ1) is 10.1. The van der Waals surface area contributed by atoms with Crippen molar-refractivity contribution >= 4 is 11.8 Å². The van der Waals surface area contributed by atoms with E-state index < -0.39 is 0 Å². The van der Waals surface area contributed by atoms with Crippen LogP contribution < -0.4 is 5.32 Å². The van der Waals surface area contributed by atoms with E-state index in [4.69, 9.17) is 0 Å². The molecule has 118 valence electrons. The van der Waals surface area contributed by atoms with Gasteiger partial charge in [-0.25, -0.2) is 0 Å². The maximum absolute atomic E-state index is 9.57. The number of hydrogen-bond donors (Lipinski definition) is 2. The predicted molar refractivity (Wildman–Crippen MR) is 92.8 cm³/mol. The Morgan fingerprint density at radius 1 is 1.33 bits per heavy atom. The largest absolute Gasteiger partial charge is 0.394 e. The summed E-state index contributed by atoms with van der Waals surface area (Å²) in [6.45, 7) is 4.56. The zero-order valence-corrected chi connectivity index (χ0v) is 14.2. The summed E-state index contributed by atoms with van der Waals surface area (Å²) in [6, 6.07) is 9.44. The molecule has 1 fully saturated rings. The minimum atomic E-state index is -0.0671. The van der Waals surface area contributed by atoms with E-state index in [1.54, 1.807) is 0 Å². The molecule has 2 nitrogen and oxygen atoms in total. The molecule has 0 amide bonds. The van der Waals surface area contributed by atoms with Crippen molar-refractivity contribution in [1.82, 2.24) is 5.32 Å². The van der Waals surface area contributed by atoms with Crippen LogP contribution in [-0.4, -0.2) is 29.0 Å². The fourth-order valence-corrected chi connectivity index (χ4v) is 3.60. The topological polar surface area (TPSA) is 32.3 Å². The van der Waals surface area contributed by atoms with Crippen molar-refractivity contribution in [2.75, 3.05) is 12.4 Å². The lowest BCUT2D eigenvalue weighted by atomic mass is 9.96. The molecule has 1 atom stereocenters. The smallest absolute Gasteiger partial charge is 0.0610 e. The van der Waals surface area contributed by atoms with E-state index in [9.17, 15) is 5.11 Å². The Labute approximate surface area is 133 Å². The van der Waals surface area contributed by atoms with Gasteiger partial charge in [0.15, 0.2) is 0 Å². The third-order valence-electron chi connectivity index (χ3n) is 4.10. The highest BCUT2D eigenvalue weighted by atomic mass is 32.2. The lowest BCUT2D eigenvalue weighted by molar-refractivity contribution is 0.161. The number of thioether (sulfide) groups is 1. The van der Waals surface area contributed by atoms with Gasteiger partial charge in [0.1, 0.15) is 0 Å². The molecule has 1 unspecified atom stereocenters. The van der Waals surface area contributed by atoms with Gasteiger partial charge in [-0.15, -0.1) is 0 Å². The highest BCUT2D eigenvalue weighted by Crippen LogP contribution is 2.25. The third-order valence-corrected chi connectivity index (χ3v) is 5.21. The van der Waals surface area contributed by atoms with Gasteiger partial charge in [-0.3, -0.25) is 0 Å². The molecule has 21 heavy (non-hydrogen) atoms. The standard InChI is InChI=1S/C18H29NOS/c1-15-6-5-7-16(12-15)13-21-11-4-3-10-18(2,14-20)19-17-8-9-17/h5-7,12,17,19-20H,3-4,8-11,13-14H2,1-2H3. The molecule has 0 saturated heterocycles. The fourth-order valence-electron chi connectivity index (χ4n) is 2.63. The summed E-state index contributed by atoms with van der Waals surface area (Å²) in [7, 11) is 0. The maximum atomic E-state index is 9.57. The predicted octanol–water partition coefficient (Wildman–Crippen LogP) is 3.90. The van der Waals surface area contributed by atoms with Gasteiger partial charge >= 0.3 is 0 Å². The summed E-state index contributed by atoms with van der Waals surface area (Å²) >= 11 is 2.02. The number of nitrogens with one attached hydrogen (secondary N) is 1. The van der Waals surface area contributed by atoms with E-state index in [0.717, 1.165) is 12.2 Å². The van der Waals surface area contributed by atoms with Gasteiger partial charge in [0.2, 0.25) is 0 Å². The maximum Gasteiger partial charge on any atom is 0.0610 e. The average molecular weight is 308 g/mol. The Kier molecular flexibility index (Phi) is 6.59. The Hall–Kier alpha value is -0.510. The zero-order valence-electron chi connectivity index (χ0n) is 13.4. The number of benzene rings is 1. The Morgan fingerprint density at radius 3 is 2.81 bits per heavy atom. The Bertz CT molecular complexity index is 433. The summed E-state index contributed by atoms with van der Waals surface area (Å²) in [6.07, 6.45) is 6.06. The molecule has 1 aromatic rings. The SMILES string of the molecule is Cc1cccc(CSCCCCC(C)(CO)NC2CC2)c1. The summed E-state index contributed by atoms with van der Waals surface area (Å²) in [5.41, 5.74) is 2.70. The number of rotatable bonds is 10. The molecular formula is C18H29NOS. The van der Waals surface area contributed by atoms with Crippen molar-refractivity contribution in [3.05, 3.63) is 35.4 Å². The summed E-state index contributed by atoms with van der Waals surface area (Å²) < 4.78 is 0. The molecule has 1 aliphatic rings. The highest BCUT2D eigenvalue weighted by molar-refractivity contribution is 7.98. The van der Waals surface area contributed by atoms with Crippen molar-refractivity contribution in [3.63, 3.8) is 0 Å². The summed E-state index contributed by atoms with van der Waals surface area (Å²) in [4.78, 5) is 0. The lowest BCUT2D eigenvalue weighted by Crippen LogP contribution is -2.46. The second-order valence-corrected chi connectivity index (χ2v) is 7.74. The van der Waals surface area contributed by atoms with Crippen molar-refractivity contribution in [2.45, 2.75) is 63.3 Å². The molecule has 1 saturated carbocycles. The molecule has 0 aromatic heterocycles. The molecule has 3 heteroatoms. The number of aliphatic hydroxyl groups excluding tert-OH is 1. The average Bonchev–Trinajstić information content (AvgIpc) is 3.26. The molecule has 1 aliphatic carbocycles. The Morgan fingerprint density at radius 2 is 2.14 bits per heavy atom. The second kappa shape index (κ2) is 8.21. The van der Waals surface area contributed by atoms with Gasteiger partial charge in [-0.2, -0.15) is 11.8 Å². The van der Waals surface area contributed by atoms with E-state index in [1.165, 1.54) is 42.6 Å². The van der Waals surface area contributed by atoms with Gasteiger partial charge in [0, 0.05) is 17.3 Å². The highest BCUT2D eigenvalue weighted by Gasteiger charge is 2.31.